The summed E-state index contributed by atoms with van der Waals surface area (Å²) in [5.41, 5.74) is 2.65. The standard InChI is InChI=1S/C19H18ClN3O2S/c1-25-10-2-3-16(20)13(6-10)12-7-14(12)18(24)23-19-15(8-21)11-4-5-22-9-17(11)26-19/h2-3,6,12,14,22H,4-5,7,9H2,1H3,(H,23,24). The van der Waals surface area contributed by atoms with Crippen LogP contribution in [-0.4, -0.2) is 19.6 Å². The Bertz CT molecular complexity index is 918. The van der Waals surface area contributed by atoms with Gasteiger partial charge in [0.1, 0.15) is 16.8 Å². The van der Waals surface area contributed by atoms with Gasteiger partial charge in [0.15, 0.2) is 0 Å². The van der Waals surface area contributed by atoms with Crippen LogP contribution in [0.1, 0.15) is 33.9 Å². The molecule has 4 rings (SSSR count). The van der Waals surface area contributed by atoms with E-state index in [0.29, 0.717) is 15.6 Å². The molecule has 1 saturated carbocycles. The molecule has 5 nitrogen and oxygen atoms in total. The highest BCUT2D eigenvalue weighted by molar-refractivity contribution is 7.16. The molecular formula is C19H18ClN3O2S. The number of benzene rings is 1. The number of nitriles is 1. The largest absolute Gasteiger partial charge is 0.497 e. The van der Waals surface area contributed by atoms with Crippen LogP contribution in [-0.2, 0) is 17.8 Å². The number of hydrogen-bond donors (Lipinski definition) is 2. The predicted octanol–water partition coefficient (Wildman–Crippen LogP) is 3.67. The van der Waals surface area contributed by atoms with Gasteiger partial charge in [0.25, 0.3) is 0 Å². The second kappa shape index (κ2) is 6.92. The molecule has 2 aliphatic rings. The van der Waals surface area contributed by atoms with Crippen molar-refractivity contribution in [1.29, 1.82) is 5.26 Å². The van der Waals surface area contributed by atoms with E-state index in [9.17, 15) is 10.1 Å². The van der Waals surface area contributed by atoms with Crippen molar-refractivity contribution in [2.75, 3.05) is 19.0 Å². The number of carbonyl (C=O) groups is 1. The fourth-order valence-corrected chi connectivity index (χ4v) is 4.94. The molecule has 1 fully saturated rings. The summed E-state index contributed by atoms with van der Waals surface area (Å²) in [5, 5.41) is 17.1. The Morgan fingerprint density at radius 2 is 2.35 bits per heavy atom. The first-order valence-electron chi connectivity index (χ1n) is 8.52. The number of nitrogens with zero attached hydrogens (tertiary/aromatic N) is 1. The third-order valence-electron chi connectivity index (χ3n) is 5.01. The Labute approximate surface area is 160 Å². The van der Waals surface area contributed by atoms with E-state index in [-0.39, 0.29) is 17.7 Å². The molecule has 0 saturated heterocycles. The molecule has 7 heteroatoms. The smallest absolute Gasteiger partial charge is 0.228 e. The van der Waals surface area contributed by atoms with Crippen molar-refractivity contribution in [3.8, 4) is 11.8 Å². The molecule has 134 valence electrons. The molecular weight excluding hydrogens is 370 g/mol. The Balaban J connectivity index is 1.51. The summed E-state index contributed by atoms with van der Waals surface area (Å²) in [6, 6.07) is 7.78. The Kier molecular flexibility index (Phi) is 4.62. The van der Waals surface area contributed by atoms with Crippen LogP contribution in [0.25, 0.3) is 0 Å². The average Bonchev–Trinajstić information content (AvgIpc) is 3.37. The highest BCUT2D eigenvalue weighted by Gasteiger charge is 2.45. The van der Waals surface area contributed by atoms with Gasteiger partial charge in [-0.1, -0.05) is 11.6 Å². The van der Waals surface area contributed by atoms with Crippen LogP contribution in [0.3, 0.4) is 0 Å². The predicted molar refractivity (Wildman–Crippen MR) is 102 cm³/mol. The number of rotatable bonds is 4. The number of carbonyl (C=O) groups excluding carboxylic acids is 1. The molecule has 2 unspecified atom stereocenters. The molecule has 1 aliphatic heterocycles. The van der Waals surface area contributed by atoms with Crippen LogP contribution in [0.2, 0.25) is 5.02 Å². The van der Waals surface area contributed by atoms with Gasteiger partial charge in [0.05, 0.1) is 12.7 Å². The van der Waals surface area contributed by atoms with Gasteiger partial charge in [-0.25, -0.2) is 0 Å². The lowest BCUT2D eigenvalue weighted by atomic mass is 10.0. The topological polar surface area (TPSA) is 74.1 Å². The molecule has 0 spiro atoms. The van der Waals surface area contributed by atoms with Gasteiger partial charge in [0.2, 0.25) is 5.91 Å². The minimum atomic E-state index is -0.122. The second-order valence-electron chi connectivity index (χ2n) is 6.57. The summed E-state index contributed by atoms with van der Waals surface area (Å²) in [4.78, 5) is 13.8. The average molecular weight is 388 g/mol. The molecule has 1 aromatic carbocycles. The third-order valence-corrected chi connectivity index (χ3v) is 6.50. The van der Waals surface area contributed by atoms with Gasteiger partial charge in [-0.2, -0.15) is 5.26 Å². The first-order valence-corrected chi connectivity index (χ1v) is 9.71. The Morgan fingerprint density at radius 1 is 1.50 bits per heavy atom. The maximum absolute atomic E-state index is 12.7. The van der Waals surface area contributed by atoms with E-state index in [1.165, 1.54) is 11.3 Å². The monoisotopic (exact) mass is 387 g/mol. The molecule has 2 atom stereocenters. The lowest BCUT2D eigenvalue weighted by Gasteiger charge is -2.11. The molecule has 1 amide bonds. The van der Waals surface area contributed by atoms with E-state index in [2.05, 4.69) is 16.7 Å². The van der Waals surface area contributed by atoms with Gasteiger partial charge in [-0.15, -0.1) is 11.3 Å². The number of hydrogen-bond acceptors (Lipinski definition) is 5. The molecule has 0 bridgehead atoms. The minimum Gasteiger partial charge on any atom is -0.497 e. The van der Waals surface area contributed by atoms with Crippen molar-refractivity contribution < 1.29 is 9.53 Å². The summed E-state index contributed by atoms with van der Waals surface area (Å²) >= 11 is 7.80. The summed E-state index contributed by atoms with van der Waals surface area (Å²) in [6.45, 7) is 1.63. The summed E-state index contributed by atoms with van der Waals surface area (Å²) in [6.07, 6.45) is 1.59. The van der Waals surface area contributed by atoms with Crippen LogP contribution in [0, 0.1) is 17.2 Å². The van der Waals surface area contributed by atoms with Crippen LogP contribution < -0.4 is 15.4 Å². The quantitative estimate of drug-likeness (QED) is 0.839. The highest BCUT2D eigenvalue weighted by atomic mass is 35.5. The molecule has 2 heterocycles. The van der Waals surface area contributed by atoms with E-state index in [0.717, 1.165) is 47.7 Å². The summed E-state index contributed by atoms with van der Waals surface area (Å²) in [5.74, 6) is 0.667. The van der Waals surface area contributed by atoms with Gasteiger partial charge in [-0.05, 0) is 54.6 Å². The zero-order chi connectivity index (χ0) is 18.3. The van der Waals surface area contributed by atoms with Gasteiger partial charge in [0, 0.05) is 22.4 Å². The number of halogens is 1. The maximum Gasteiger partial charge on any atom is 0.228 e. The van der Waals surface area contributed by atoms with E-state index >= 15 is 0 Å². The number of methoxy groups -OCH3 is 1. The van der Waals surface area contributed by atoms with E-state index in [1.54, 1.807) is 13.2 Å². The number of fused-ring (bicyclic) bond motifs is 1. The SMILES string of the molecule is COc1ccc(Cl)c(C2CC2C(=O)Nc2sc3c(c2C#N)CCNC3)c1. The second-order valence-corrected chi connectivity index (χ2v) is 8.08. The van der Waals surface area contributed by atoms with Crippen LogP contribution in [0.5, 0.6) is 5.75 Å². The van der Waals surface area contributed by atoms with E-state index < -0.39 is 0 Å². The van der Waals surface area contributed by atoms with Gasteiger partial charge < -0.3 is 15.4 Å². The van der Waals surface area contributed by atoms with Crippen molar-refractivity contribution in [2.24, 2.45) is 5.92 Å². The minimum absolute atomic E-state index is 0.0445. The Morgan fingerprint density at radius 3 is 3.12 bits per heavy atom. The van der Waals surface area contributed by atoms with Crippen molar-refractivity contribution in [1.82, 2.24) is 5.32 Å². The first-order chi connectivity index (χ1) is 12.6. The van der Waals surface area contributed by atoms with E-state index in [4.69, 9.17) is 16.3 Å². The first kappa shape index (κ1) is 17.3. The molecule has 26 heavy (non-hydrogen) atoms. The van der Waals surface area contributed by atoms with Crippen molar-refractivity contribution in [3.63, 3.8) is 0 Å². The lowest BCUT2D eigenvalue weighted by molar-refractivity contribution is -0.117. The fraction of sp³-hybridized carbons (Fsp3) is 0.368. The third kappa shape index (κ3) is 3.07. The number of nitrogens with one attached hydrogen (secondary N) is 2. The fourth-order valence-electron chi connectivity index (χ4n) is 3.51. The molecule has 2 N–H and O–H groups in total. The van der Waals surface area contributed by atoms with Crippen LogP contribution in [0.15, 0.2) is 18.2 Å². The molecule has 1 aromatic heterocycles. The summed E-state index contributed by atoms with van der Waals surface area (Å²) in [7, 11) is 1.61. The zero-order valence-electron chi connectivity index (χ0n) is 14.3. The number of ether oxygens (including phenoxy) is 1. The lowest BCUT2D eigenvalue weighted by Crippen LogP contribution is -2.22. The zero-order valence-corrected chi connectivity index (χ0v) is 15.8. The normalized spacial score (nSPS) is 20.8. The highest BCUT2D eigenvalue weighted by Crippen LogP contribution is 2.51. The number of thiophene rings is 1. The number of amides is 1. The van der Waals surface area contributed by atoms with Crippen LogP contribution in [0.4, 0.5) is 5.00 Å². The van der Waals surface area contributed by atoms with Crippen molar-refractivity contribution in [2.45, 2.75) is 25.3 Å². The Hall–Kier alpha value is -2.07. The van der Waals surface area contributed by atoms with Crippen molar-refractivity contribution >= 4 is 33.8 Å². The van der Waals surface area contributed by atoms with Crippen LogP contribution >= 0.6 is 22.9 Å². The maximum atomic E-state index is 12.7. The summed E-state index contributed by atoms with van der Waals surface area (Å²) < 4.78 is 5.26. The van der Waals surface area contributed by atoms with E-state index in [1.807, 2.05) is 12.1 Å². The molecule has 1 aliphatic carbocycles. The molecule has 0 radical (unpaired) electrons. The number of anilines is 1. The molecule has 2 aromatic rings. The van der Waals surface area contributed by atoms with Gasteiger partial charge in [-0.3, -0.25) is 4.79 Å². The van der Waals surface area contributed by atoms with Crippen molar-refractivity contribution in [3.05, 3.63) is 44.8 Å². The van der Waals surface area contributed by atoms with Gasteiger partial charge >= 0.3 is 0 Å².